The van der Waals surface area contributed by atoms with Gasteiger partial charge in [-0.25, -0.2) is 0 Å². The average Bonchev–Trinajstić information content (AvgIpc) is 2.54. The summed E-state index contributed by atoms with van der Waals surface area (Å²) in [5, 5.41) is 1.31. The Balaban J connectivity index is 2.68. The van der Waals surface area contributed by atoms with E-state index in [1.165, 1.54) is 17.9 Å². The van der Waals surface area contributed by atoms with Crippen molar-refractivity contribution in [1.82, 2.24) is 0 Å². The molecule has 1 heterocycles. The SMILES string of the molecule is COc1cc2sc(I)cc2cc1SC. The molecule has 0 aliphatic rings. The van der Waals surface area contributed by atoms with Gasteiger partial charge in [-0.1, -0.05) is 0 Å². The Morgan fingerprint density at radius 3 is 2.79 bits per heavy atom. The maximum atomic E-state index is 5.34. The first-order valence-electron chi connectivity index (χ1n) is 4.05. The molecule has 2 rings (SSSR count). The van der Waals surface area contributed by atoms with Crippen LogP contribution in [0.25, 0.3) is 10.1 Å². The summed E-state index contributed by atoms with van der Waals surface area (Å²) in [5.41, 5.74) is 0. The van der Waals surface area contributed by atoms with Gasteiger partial charge >= 0.3 is 0 Å². The average molecular weight is 336 g/mol. The summed E-state index contributed by atoms with van der Waals surface area (Å²) in [6, 6.07) is 6.52. The predicted octanol–water partition coefficient (Wildman–Crippen LogP) is 4.24. The zero-order valence-corrected chi connectivity index (χ0v) is 11.6. The normalized spacial score (nSPS) is 10.8. The molecule has 0 unspecified atom stereocenters. The van der Waals surface area contributed by atoms with E-state index in [2.05, 4.69) is 47.0 Å². The highest BCUT2D eigenvalue weighted by atomic mass is 127. The van der Waals surface area contributed by atoms with E-state index in [9.17, 15) is 0 Å². The summed E-state index contributed by atoms with van der Waals surface area (Å²) in [5.74, 6) is 0.975. The minimum atomic E-state index is 0.975. The Morgan fingerprint density at radius 1 is 1.36 bits per heavy atom. The van der Waals surface area contributed by atoms with Crippen LogP contribution in [0.4, 0.5) is 0 Å². The van der Waals surface area contributed by atoms with E-state index >= 15 is 0 Å². The van der Waals surface area contributed by atoms with Crippen molar-refractivity contribution in [1.29, 1.82) is 0 Å². The fraction of sp³-hybridized carbons (Fsp3) is 0.200. The first kappa shape index (κ1) is 10.6. The molecule has 0 aliphatic carbocycles. The summed E-state index contributed by atoms with van der Waals surface area (Å²) in [6.07, 6.45) is 2.07. The van der Waals surface area contributed by atoms with Gasteiger partial charge in [0.15, 0.2) is 0 Å². The number of thioether (sulfide) groups is 1. The molecule has 14 heavy (non-hydrogen) atoms. The van der Waals surface area contributed by atoms with Crippen molar-refractivity contribution in [2.75, 3.05) is 13.4 Å². The molecule has 0 aliphatic heterocycles. The van der Waals surface area contributed by atoms with Crippen LogP contribution in [-0.4, -0.2) is 13.4 Å². The minimum Gasteiger partial charge on any atom is -0.496 e. The number of methoxy groups -OCH3 is 1. The van der Waals surface area contributed by atoms with Gasteiger partial charge in [-0.2, -0.15) is 0 Å². The molecule has 4 heteroatoms. The topological polar surface area (TPSA) is 9.23 Å². The minimum absolute atomic E-state index is 0.975. The van der Waals surface area contributed by atoms with Crippen molar-refractivity contribution in [3.63, 3.8) is 0 Å². The highest BCUT2D eigenvalue weighted by Crippen LogP contribution is 2.36. The second-order valence-corrected chi connectivity index (χ2v) is 6.62. The third-order valence-electron chi connectivity index (χ3n) is 1.99. The van der Waals surface area contributed by atoms with Crippen LogP contribution in [0.5, 0.6) is 5.75 Å². The van der Waals surface area contributed by atoms with E-state index in [4.69, 9.17) is 4.74 Å². The van der Waals surface area contributed by atoms with Crippen LogP contribution in [0, 0.1) is 2.88 Å². The molecule has 0 saturated carbocycles. The van der Waals surface area contributed by atoms with Crippen molar-refractivity contribution >= 4 is 55.8 Å². The van der Waals surface area contributed by atoms with Crippen LogP contribution >= 0.6 is 45.7 Å². The highest BCUT2D eigenvalue weighted by molar-refractivity contribution is 14.1. The lowest BCUT2D eigenvalue weighted by molar-refractivity contribution is 0.405. The number of thiophene rings is 1. The van der Waals surface area contributed by atoms with Crippen molar-refractivity contribution < 1.29 is 4.74 Å². The first-order chi connectivity index (χ1) is 6.74. The smallest absolute Gasteiger partial charge is 0.133 e. The summed E-state index contributed by atoms with van der Waals surface area (Å²) < 4.78 is 7.95. The van der Waals surface area contributed by atoms with Crippen molar-refractivity contribution in [3.8, 4) is 5.75 Å². The van der Waals surface area contributed by atoms with Crippen molar-refractivity contribution in [2.24, 2.45) is 0 Å². The Morgan fingerprint density at radius 2 is 2.14 bits per heavy atom. The number of halogens is 1. The molecule has 1 aromatic heterocycles. The molecule has 74 valence electrons. The number of hydrogen-bond acceptors (Lipinski definition) is 3. The van der Waals surface area contributed by atoms with Crippen LogP contribution in [0.15, 0.2) is 23.1 Å². The van der Waals surface area contributed by atoms with Gasteiger partial charge in [0.2, 0.25) is 0 Å². The number of rotatable bonds is 2. The second kappa shape index (κ2) is 4.28. The fourth-order valence-corrected chi connectivity index (χ4v) is 3.77. The molecule has 1 aromatic carbocycles. The van der Waals surface area contributed by atoms with E-state index in [1.807, 2.05) is 0 Å². The summed E-state index contributed by atoms with van der Waals surface area (Å²) in [4.78, 5) is 1.20. The quantitative estimate of drug-likeness (QED) is 0.599. The molecule has 0 spiro atoms. The third kappa shape index (κ3) is 1.87. The van der Waals surface area contributed by atoms with Gasteiger partial charge in [-0.15, -0.1) is 23.1 Å². The molecule has 0 atom stereocenters. The van der Waals surface area contributed by atoms with Gasteiger partial charge < -0.3 is 4.74 Å². The number of ether oxygens (including phenoxy) is 1. The molecule has 0 fully saturated rings. The standard InChI is InChI=1S/C10H9IOS2/c1-12-7-5-8-6(3-9(7)13-2)4-10(11)14-8/h3-5H,1-2H3. The van der Waals surface area contributed by atoms with E-state index in [1.54, 1.807) is 30.2 Å². The maximum absolute atomic E-state index is 5.34. The van der Waals surface area contributed by atoms with E-state index < -0.39 is 0 Å². The molecule has 1 nitrogen and oxygen atoms in total. The van der Waals surface area contributed by atoms with Crippen molar-refractivity contribution in [2.45, 2.75) is 4.90 Å². The number of hydrogen-bond donors (Lipinski definition) is 0. The second-order valence-electron chi connectivity index (χ2n) is 2.80. The highest BCUT2D eigenvalue weighted by Gasteiger charge is 2.06. The van der Waals surface area contributed by atoms with Crippen LogP contribution in [-0.2, 0) is 0 Å². The van der Waals surface area contributed by atoms with Gasteiger partial charge in [0, 0.05) is 9.60 Å². The molecule has 0 N–H and O–H groups in total. The zero-order chi connectivity index (χ0) is 10.1. The first-order valence-corrected chi connectivity index (χ1v) is 7.17. The third-order valence-corrected chi connectivity index (χ3v) is 4.61. The van der Waals surface area contributed by atoms with Gasteiger partial charge in [-0.3, -0.25) is 0 Å². The van der Waals surface area contributed by atoms with Crippen LogP contribution in [0.1, 0.15) is 0 Å². The lowest BCUT2D eigenvalue weighted by Gasteiger charge is -2.05. The van der Waals surface area contributed by atoms with Gasteiger partial charge in [0.1, 0.15) is 5.75 Å². The fourth-order valence-electron chi connectivity index (χ4n) is 1.33. The number of benzene rings is 1. The predicted molar refractivity (Wildman–Crippen MR) is 72.9 cm³/mol. The van der Waals surface area contributed by atoms with Crippen LogP contribution in [0.2, 0.25) is 0 Å². The van der Waals surface area contributed by atoms with Crippen LogP contribution in [0.3, 0.4) is 0 Å². The molecule has 2 aromatic rings. The molecule has 0 radical (unpaired) electrons. The Kier molecular flexibility index (Phi) is 3.23. The lowest BCUT2D eigenvalue weighted by atomic mass is 10.2. The molecule has 0 saturated heterocycles. The molecule has 0 amide bonds. The Bertz CT molecular complexity index is 423. The number of fused-ring (bicyclic) bond motifs is 1. The summed E-state index contributed by atoms with van der Waals surface area (Å²) in [6.45, 7) is 0. The van der Waals surface area contributed by atoms with E-state index in [0.717, 1.165) is 5.75 Å². The molecular weight excluding hydrogens is 327 g/mol. The Labute approximate surface area is 105 Å². The lowest BCUT2D eigenvalue weighted by Crippen LogP contribution is -1.84. The van der Waals surface area contributed by atoms with Gasteiger partial charge in [0.25, 0.3) is 0 Å². The van der Waals surface area contributed by atoms with Gasteiger partial charge in [-0.05, 0) is 52.4 Å². The van der Waals surface area contributed by atoms with Crippen LogP contribution < -0.4 is 4.74 Å². The van der Waals surface area contributed by atoms with Gasteiger partial charge in [0.05, 0.1) is 9.99 Å². The Hall–Kier alpha value is 0.0600. The van der Waals surface area contributed by atoms with E-state index in [-0.39, 0.29) is 0 Å². The summed E-state index contributed by atoms with van der Waals surface area (Å²) >= 11 is 5.87. The maximum Gasteiger partial charge on any atom is 0.133 e. The van der Waals surface area contributed by atoms with Crippen molar-refractivity contribution in [3.05, 3.63) is 21.1 Å². The monoisotopic (exact) mass is 336 g/mol. The molecule has 0 bridgehead atoms. The van der Waals surface area contributed by atoms with E-state index in [0.29, 0.717) is 0 Å². The zero-order valence-electron chi connectivity index (χ0n) is 7.83. The largest absolute Gasteiger partial charge is 0.496 e. The molecular formula is C10H9IOS2. The summed E-state index contributed by atoms with van der Waals surface area (Å²) in [7, 11) is 1.72.